The van der Waals surface area contributed by atoms with Gasteiger partial charge >= 0.3 is 0 Å². The second-order valence-electron chi connectivity index (χ2n) is 4.13. The van der Waals surface area contributed by atoms with Crippen molar-refractivity contribution >= 4 is 25.8 Å². The van der Waals surface area contributed by atoms with Crippen molar-refractivity contribution in [2.75, 3.05) is 0 Å². The van der Waals surface area contributed by atoms with Crippen LogP contribution in [0.15, 0.2) is 51.8 Å². The summed E-state index contributed by atoms with van der Waals surface area (Å²) in [5.41, 5.74) is 0.322. The Balaban J connectivity index is 2.41. The van der Waals surface area contributed by atoms with Crippen LogP contribution in [-0.2, 0) is 15.6 Å². The Labute approximate surface area is 124 Å². The predicted molar refractivity (Wildman–Crippen MR) is 76.1 cm³/mol. The molecule has 2 aromatic rings. The lowest BCUT2D eigenvalue weighted by Crippen LogP contribution is -2.06. The van der Waals surface area contributed by atoms with E-state index in [2.05, 4.69) is 15.9 Å². The van der Waals surface area contributed by atoms with E-state index in [-0.39, 0.29) is 16.0 Å². The zero-order chi connectivity index (χ0) is 14.8. The Morgan fingerprint density at radius 2 is 1.80 bits per heavy atom. The third-order valence-corrected chi connectivity index (χ3v) is 4.92. The average molecular weight is 354 g/mol. The van der Waals surface area contributed by atoms with E-state index >= 15 is 0 Å². The number of hydrogen-bond acceptors (Lipinski definition) is 3. The fraction of sp³-hybridized carbons (Fsp3) is 0.0714. The van der Waals surface area contributed by atoms with Gasteiger partial charge in [-0.3, -0.25) is 0 Å². The highest BCUT2D eigenvalue weighted by atomic mass is 79.9. The van der Waals surface area contributed by atoms with Gasteiger partial charge in [0.2, 0.25) is 0 Å². The van der Waals surface area contributed by atoms with Crippen molar-refractivity contribution < 1.29 is 12.8 Å². The average Bonchev–Trinajstić information content (AvgIpc) is 2.39. The molecule has 0 fully saturated rings. The molecule has 0 unspecified atom stereocenters. The molecule has 0 atom stereocenters. The molecule has 102 valence electrons. The van der Waals surface area contributed by atoms with Crippen molar-refractivity contribution in [2.45, 2.75) is 10.6 Å². The molecule has 0 aliphatic carbocycles. The summed E-state index contributed by atoms with van der Waals surface area (Å²) < 4.78 is 38.5. The van der Waals surface area contributed by atoms with E-state index in [0.29, 0.717) is 0 Å². The molecule has 0 spiro atoms. The molecular weight excluding hydrogens is 345 g/mol. The monoisotopic (exact) mass is 353 g/mol. The quantitative estimate of drug-likeness (QED) is 0.849. The largest absolute Gasteiger partial charge is 0.223 e. The van der Waals surface area contributed by atoms with E-state index in [1.165, 1.54) is 18.2 Å². The Morgan fingerprint density at radius 3 is 2.40 bits per heavy atom. The van der Waals surface area contributed by atoms with Crippen LogP contribution in [0.25, 0.3) is 0 Å². The summed E-state index contributed by atoms with van der Waals surface area (Å²) in [7, 11) is -3.62. The lowest BCUT2D eigenvalue weighted by Gasteiger charge is -2.06. The van der Waals surface area contributed by atoms with Gasteiger partial charge in [0, 0.05) is 4.47 Å². The van der Waals surface area contributed by atoms with Crippen molar-refractivity contribution in [3.63, 3.8) is 0 Å². The normalized spacial score (nSPS) is 11.1. The molecule has 3 nitrogen and oxygen atoms in total. The third kappa shape index (κ3) is 3.24. The summed E-state index contributed by atoms with van der Waals surface area (Å²) in [6.45, 7) is 0. The maximum absolute atomic E-state index is 13.2. The van der Waals surface area contributed by atoms with Crippen LogP contribution in [0.1, 0.15) is 11.1 Å². The van der Waals surface area contributed by atoms with Gasteiger partial charge in [-0.2, -0.15) is 5.26 Å². The molecule has 0 aliphatic heterocycles. The highest BCUT2D eigenvalue weighted by molar-refractivity contribution is 9.10. The van der Waals surface area contributed by atoms with Crippen molar-refractivity contribution in [2.24, 2.45) is 0 Å². The maximum atomic E-state index is 13.2. The zero-order valence-electron chi connectivity index (χ0n) is 10.2. The van der Waals surface area contributed by atoms with Crippen molar-refractivity contribution in [3.8, 4) is 6.07 Å². The predicted octanol–water partition coefficient (Wildman–Crippen LogP) is 3.43. The van der Waals surface area contributed by atoms with Crippen LogP contribution in [0.4, 0.5) is 4.39 Å². The Morgan fingerprint density at radius 1 is 1.15 bits per heavy atom. The Kier molecular flexibility index (Phi) is 4.21. The Hall–Kier alpha value is -1.71. The zero-order valence-corrected chi connectivity index (χ0v) is 12.6. The highest BCUT2D eigenvalue weighted by Crippen LogP contribution is 2.21. The van der Waals surface area contributed by atoms with Crippen molar-refractivity contribution in [1.82, 2.24) is 0 Å². The molecule has 0 saturated heterocycles. The second kappa shape index (κ2) is 5.73. The molecule has 0 N–H and O–H groups in total. The van der Waals surface area contributed by atoms with Gasteiger partial charge in [0.25, 0.3) is 0 Å². The molecular formula is C14H9BrFNO2S. The summed E-state index contributed by atoms with van der Waals surface area (Å²) >= 11 is 3.22. The van der Waals surface area contributed by atoms with Gasteiger partial charge in [0.05, 0.1) is 22.3 Å². The van der Waals surface area contributed by atoms with Crippen LogP contribution in [-0.4, -0.2) is 8.42 Å². The second-order valence-corrected chi connectivity index (χ2v) is 7.03. The fourth-order valence-electron chi connectivity index (χ4n) is 1.72. The fourth-order valence-corrected chi connectivity index (χ4v) is 3.35. The van der Waals surface area contributed by atoms with Gasteiger partial charge < -0.3 is 0 Å². The first-order valence-electron chi connectivity index (χ1n) is 5.59. The SMILES string of the molecule is N#Cc1ccc(F)cc1CS(=O)(=O)c1ccc(Br)cc1. The number of hydrogen-bond donors (Lipinski definition) is 0. The summed E-state index contributed by atoms with van der Waals surface area (Å²) in [6.07, 6.45) is 0. The number of sulfone groups is 1. The molecule has 2 rings (SSSR count). The van der Waals surface area contributed by atoms with Gasteiger partial charge in [0.15, 0.2) is 9.84 Å². The number of nitrogens with zero attached hydrogens (tertiary/aromatic N) is 1. The standard InChI is InChI=1S/C14H9BrFNO2S/c15-12-2-5-14(6-3-12)20(18,19)9-11-7-13(16)4-1-10(11)8-17/h1-7H,9H2. The van der Waals surface area contributed by atoms with E-state index < -0.39 is 21.4 Å². The van der Waals surface area contributed by atoms with Crippen LogP contribution in [0.2, 0.25) is 0 Å². The topological polar surface area (TPSA) is 57.9 Å². The first kappa shape index (κ1) is 14.7. The molecule has 0 bridgehead atoms. The lowest BCUT2D eigenvalue weighted by atomic mass is 10.1. The van der Waals surface area contributed by atoms with Crippen LogP contribution in [0.5, 0.6) is 0 Å². The molecule has 0 aromatic heterocycles. The lowest BCUT2D eigenvalue weighted by molar-refractivity contribution is 0.594. The number of nitriles is 1. The summed E-state index contributed by atoms with van der Waals surface area (Å²) in [5, 5.41) is 8.94. The van der Waals surface area contributed by atoms with Crippen LogP contribution in [0, 0.1) is 17.1 Å². The molecule has 0 radical (unpaired) electrons. The molecule has 0 amide bonds. The molecule has 0 aliphatic rings. The summed E-state index contributed by atoms with van der Waals surface area (Å²) in [4.78, 5) is 0.133. The van der Waals surface area contributed by atoms with Crippen LogP contribution in [0.3, 0.4) is 0 Å². The minimum atomic E-state index is -3.62. The number of halogens is 2. The summed E-state index contributed by atoms with van der Waals surface area (Å²) in [5.74, 6) is -0.972. The highest BCUT2D eigenvalue weighted by Gasteiger charge is 2.18. The molecule has 2 aromatic carbocycles. The van der Waals surface area contributed by atoms with Gasteiger partial charge in [-0.15, -0.1) is 0 Å². The molecule has 6 heteroatoms. The van der Waals surface area contributed by atoms with E-state index in [1.54, 1.807) is 12.1 Å². The van der Waals surface area contributed by atoms with Crippen molar-refractivity contribution in [1.29, 1.82) is 5.26 Å². The molecule has 0 heterocycles. The maximum Gasteiger partial charge on any atom is 0.182 e. The van der Waals surface area contributed by atoms with E-state index in [9.17, 15) is 12.8 Å². The van der Waals surface area contributed by atoms with E-state index in [4.69, 9.17) is 5.26 Å². The number of benzene rings is 2. The minimum absolute atomic E-state index is 0.133. The van der Waals surface area contributed by atoms with Crippen LogP contribution < -0.4 is 0 Å². The number of rotatable bonds is 3. The molecule has 20 heavy (non-hydrogen) atoms. The van der Waals surface area contributed by atoms with Gasteiger partial charge in [-0.05, 0) is 48.0 Å². The van der Waals surface area contributed by atoms with E-state index in [0.717, 1.165) is 16.6 Å². The molecule has 0 saturated carbocycles. The smallest absolute Gasteiger partial charge is 0.182 e. The minimum Gasteiger partial charge on any atom is -0.223 e. The van der Waals surface area contributed by atoms with Crippen LogP contribution >= 0.6 is 15.9 Å². The first-order chi connectivity index (χ1) is 9.42. The van der Waals surface area contributed by atoms with E-state index in [1.807, 2.05) is 6.07 Å². The Bertz CT molecular complexity index is 780. The van der Waals surface area contributed by atoms with Gasteiger partial charge in [0.1, 0.15) is 5.82 Å². The summed E-state index contributed by atoms with van der Waals surface area (Å²) in [6, 6.07) is 11.5. The first-order valence-corrected chi connectivity index (χ1v) is 8.04. The van der Waals surface area contributed by atoms with Gasteiger partial charge in [-0.1, -0.05) is 15.9 Å². The van der Waals surface area contributed by atoms with Crippen molar-refractivity contribution in [3.05, 3.63) is 63.9 Å². The van der Waals surface area contributed by atoms with Gasteiger partial charge in [-0.25, -0.2) is 12.8 Å². The third-order valence-electron chi connectivity index (χ3n) is 2.71.